The van der Waals surface area contributed by atoms with Crippen LogP contribution in [0.3, 0.4) is 0 Å². The van der Waals surface area contributed by atoms with Gasteiger partial charge in [0.25, 0.3) is 0 Å². The fourth-order valence-corrected chi connectivity index (χ4v) is 2.97. The Hall–Kier alpha value is -0.850. The van der Waals surface area contributed by atoms with Crippen LogP contribution in [0.25, 0.3) is 0 Å². The van der Waals surface area contributed by atoms with Crippen molar-refractivity contribution in [1.29, 1.82) is 0 Å². The van der Waals surface area contributed by atoms with Gasteiger partial charge in [-0.25, -0.2) is 0 Å². The van der Waals surface area contributed by atoms with E-state index in [1.165, 1.54) is 11.9 Å². The predicted octanol–water partition coefficient (Wildman–Crippen LogP) is 2.88. The topological polar surface area (TPSA) is 46.3 Å². The fourth-order valence-electron chi connectivity index (χ4n) is 2.73. The summed E-state index contributed by atoms with van der Waals surface area (Å²) in [6.07, 6.45) is -2.46. The molecule has 1 aliphatic rings. The number of halogens is 3. The number of carbonyl (C=O) groups is 1. The van der Waals surface area contributed by atoms with Crippen molar-refractivity contribution in [3.05, 3.63) is 0 Å². The molecule has 1 saturated carbocycles. The SMILES string of the molecule is CC(CC(N)=S)N(C)C(=O)C1CCCCC1C(F)(F)F. The second-order valence-corrected chi connectivity index (χ2v) is 6.03. The normalized spacial score (nSPS) is 25.1. The predicted molar refractivity (Wildman–Crippen MR) is 75.1 cm³/mol. The standard InChI is InChI=1S/C13H21F3N2OS/c1-8(7-11(17)20)18(2)12(19)9-5-3-4-6-10(9)13(14,15)16/h8-10H,3-7H2,1-2H3,(H2,17,20). The molecule has 1 amide bonds. The number of carbonyl (C=O) groups excluding carboxylic acids is 1. The molecule has 1 fully saturated rings. The summed E-state index contributed by atoms with van der Waals surface area (Å²) >= 11 is 4.78. The summed E-state index contributed by atoms with van der Waals surface area (Å²) in [4.78, 5) is 13.9. The zero-order valence-corrected chi connectivity index (χ0v) is 12.6. The van der Waals surface area contributed by atoms with Crippen LogP contribution in [-0.2, 0) is 4.79 Å². The molecular formula is C13H21F3N2OS. The summed E-state index contributed by atoms with van der Waals surface area (Å²) in [5.74, 6) is -2.94. The minimum atomic E-state index is -4.31. The third-order valence-corrected chi connectivity index (χ3v) is 4.18. The molecule has 7 heteroatoms. The average Bonchev–Trinajstić information content (AvgIpc) is 2.35. The van der Waals surface area contributed by atoms with Gasteiger partial charge in [-0.15, -0.1) is 0 Å². The molecule has 0 aliphatic heterocycles. The molecule has 0 aromatic rings. The highest BCUT2D eigenvalue weighted by atomic mass is 32.1. The van der Waals surface area contributed by atoms with E-state index in [4.69, 9.17) is 18.0 Å². The van der Waals surface area contributed by atoms with E-state index in [0.717, 1.165) is 0 Å². The van der Waals surface area contributed by atoms with Gasteiger partial charge >= 0.3 is 6.18 Å². The van der Waals surface area contributed by atoms with Crippen LogP contribution in [-0.4, -0.2) is 35.1 Å². The first-order chi connectivity index (χ1) is 9.14. The summed E-state index contributed by atoms with van der Waals surface area (Å²) in [5, 5.41) is 0. The number of nitrogens with two attached hydrogens (primary N) is 1. The molecule has 3 atom stereocenters. The first-order valence-corrected chi connectivity index (χ1v) is 7.17. The molecule has 0 radical (unpaired) electrons. The number of nitrogens with zero attached hydrogens (tertiary/aromatic N) is 1. The van der Waals surface area contributed by atoms with Crippen molar-refractivity contribution in [3.63, 3.8) is 0 Å². The first-order valence-electron chi connectivity index (χ1n) is 6.76. The Balaban J connectivity index is 2.79. The summed E-state index contributed by atoms with van der Waals surface area (Å²) in [6, 6.07) is -0.282. The van der Waals surface area contributed by atoms with E-state index in [9.17, 15) is 18.0 Å². The van der Waals surface area contributed by atoms with E-state index in [0.29, 0.717) is 25.7 Å². The quantitative estimate of drug-likeness (QED) is 0.812. The van der Waals surface area contributed by atoms with Gasteiger partial charge < -0.3 is 10.6 Å². The van der Waals surface area contributed by atoms with E-state index >= 15 is 0 Å². The van der Waals surface area contributed by atoms with Crippen LogP contribution >= 0.6 is 12.2 Å². The second-order valence-electron chi connectivity index (χ2n) is 5.51. The maximum absolute atomic E-state index is 13.0. The summed E-state index contributed by atoms with van der Waals surface area (Å²) in [7, 11) is 1.52. The van der Waals surface area contributed by atoms with Crippen LogP contribution in [0.1, 0.15) is 39.0 Å². The van der Waals surface area contributed by atoms with E-state index in [1.807, 2.05) is 0 Å². The van der Waals surface area contributed by atoms with Crippen molar-refractivity contribution in [1.82, 2.24) is 4.90 Å². The monoisotopic (exact) mass is 310 g/mol. The molecule has 0 bridgehead atoms. The Morgan fingerprint density at radius 2 is 1.95 bits per heavy atom. The Labute approximate surface area is 122 Å². The van der Waals surface area contributed by atoms with Gasteiger partial charge in [-0.1, -0.05) is 25.1 Å². The van der Waals surface area contributed by atoms with Crippen LogP contribution in [0.15, 0.2) is 0 Å². The van der Waals surface area contributed by atoms with E-state index in [1.54, 1.807) is 6.92 Å². The van der Waals surface area contributed by atoms with Crippen molar-refractivity contribution < 1.29 is 18.0 Å². The van der Waals surface area contributed by atoms with Gasteiger partial charge in [0.2, 0.25) is 5.91 Å². The molecular weight excluding hydrogens is 289 g/mol. The highest BCUT2D eigenvalue weighted by molar-refractivity contribution is 7.80. The lowest BCUT2D eigenvalue weighted by Gasteiger charge is -2.36. The Morgan fingerprint density at radius 1 is 1.40 bits per heavy atom. The molecule has 2 N–H and O–H groups in total. The van der Waals surface area contributed by atoms with Gasteiger partial charge in [0.15, 0.2) is 0 Å². The number of amides is 1. The molecule has 0 spiro atoms. The van der Waals surface area contributed by atoms with E-state index < -0.39 is 23.9 Å². The maximum atomic E-state index is 13.0. The number of thiocarbonyl (C=S) groups is 1. The molecule has 3 nitrogen and oxygen atoms in total. The first kappa shape index (κ1) is 17.2. The third kappa shape index (κ3) is 4.33. The summed E-state index contributed by atoms with van der Waals surface area (Å²) in [6.45, 7) is 1.74. The Morgan fingerprint density at radius 3 is 2.45 bits per heavy atom. The largest absolute Gasteiger partial charge is 0.393 e. The van der Waals surface area contributed by atoms with E-state index in [-0.39, 0.29) is 17.5 Å². The summed E-state index contributed by atoms with van der Waals surface area (Å²) in [5.41, 5.74) is 5.42. The van der Waals surface area contributed by atoms with Crippen LogP contribution in [0.5, 0.6) is 0 Å². The van der Waals surface area contributed by atoms with Gasteiger partial charge in [-0.2, -0.15) is 13.2 Å². The lowest BCUT2D eigenvalue weighted by Crippen LogP contribution is -2.46. The molecule has 0 aromatic carbocycles. The molecule has 1 aliphatic carbocycles. The smallest absolute Gasteiger partial charge is 0.392 e. The Kier molecular flexibility index (Phi) is 5.79. The van der Waals surface area contributed by atoms with Crippen LogP contribution < -0.4 is 5.73 Å². The Bertz CT molecular complexity index is 373. The minimum Gasteiger partial charge on any atom is -0.393 e. The number of hydrogen-bond acceptors (Lipinski definition) is 2. The van der Waals surface area contributed by atoms with Crippen molar-refractivity contribution in [2.75, 3.05) is 7.05 Å². The number of alkyl halides is 3. The highest BCUT2D eigenvalue weighted by Gasteiger charge is 2.48. The van der Waals surface area contributed by atoms with Gasteiger partial charge in [0, 0.05) is 25.4 Å². The fraction of sp³-hybridized carbons (Fsp3) is 0.846. The van der Waals surface area contributed by atoms with Crippen molar-refractivity contribution in [3.8, 4) is 0 Å². The third-order valence-electron chi connectivity index (χ3n) is 4.01. The molecule has 0 heterocycles. The highest BCUT2D eigenvalue weighted by Crippen LogP contribution is 2.42. The van der Waals surface area contributed by atoms with Crippen molar-refractivity contribution in [2.45, 2.75) is 51.2 Å². The van der Waals surface area contributed by atoms with Gasteiger partial charge in [0.1, 0.15) is 0 Å². The van der Waals surface area contributed by atoms with Crippen molar-refractivity contribution >= 4 is 23.1 Å². The zero-order valence-electron chi connectivity index (χ0n) is 11.7. The minimum absolute atomic E-state index is 0.0391. The zero-order chi connectivity index (χ0) is 15.5. The van der Waals surface area contributed by atoms with Crippen LogP contribution in [0, 0.1) is 11.8 Å². The molecule has 20 heavy (non-hydrogen) atoms. The number of rotatable bonds is 4. The lowest BCUT2D eigenvalue weighted by atomic mass is 9.78. The molecule has 0 saturated heterocycles. The van der Waals surface area contributed by atoms with Gasteiger partial charge in [-0.3, -0.25) is 4.79 Å². The molecule has 3 unspecified atom stereocenters. The van der Waals surface area contributed by atoms with Gasteiger partial charge in [0.05, 0.1) is 10.9 Å². The average molecular weight is 310 g/mol. The molecule has 116 valence electrons. The van der Waals surface area contributed by atoms with E-state index in [2.05, 4.69) is 0 Å². The second kappa shape index (κ2) is 6.74. The van der Waals surface area contributed by atoms with Gasteiger partial charge in [-0.05, 0) is 19.8 Å². The molecule has 0 aromatic heterocycles. The maximum Gasteiger partial charge on any atom is 0.392 e. The summed E-state index contributed by atoms with van der Waals surface area (Å²) < 4.78 is 39.0. The van der Waals surface area contributed by atoms with Crippen LogP contribution in [0.2, 0.25) is 0 Å². The number of hydrogen-bond donors (Lipinski definition) is 1. The van der Waals surface area contributed by atoms with Crippen LogP contribution in [0.4, 0.5) is 13.2 Å². The lowest BCUT2D eigenvalue weighted by molar-refractivity contribution is -0.201. The van der Waals surface area contributed by atoms with Crippen molar-refractivity contribution in [2.24, 2.45) is 17.6 Å². The molecule has 1 rings (SSSR count).